The predicted octanol–water partition coefficient (Wildman–Crippen LogP) is 1.90. The van der Waals surface area contributed by atoms with Crippen molar-refractivity contribution < 1.29 is 14.6 Å². The van der Waals surface area contributed by atoms with Crippen molar-refractivity contribution in [2.24, 2.45) is 0 Å². The molecule has 1 saturated heterocycles. The summed E-state index contributed by atoms with van der Waals surface area (Å²) in [6, 6.07) is 7.32. The molecule has 2 amide bonds. The maximum atomic E-state index is 11.8. The number of aryl methyl sites for hydroxylation is 1. The minimum absolute atomic E-state index is 0.0249. The molecule has 1 fully saturated rings. The van der Waals surface area contributed by atoms with Gasteiger partial charge in [-0.2, -0.15) is 0 Å². The number of ether oxygens (including phenoxy) is 1. The highest BCUT2D eigenvalue weighted by Crippen LogP contribution is 2.17. The van der Waals surface area contributed by atoms with Crippen molar-refractivity contribution in [2.45, 2.75) is 44.9 Å². The Morgan fingerprint density at radius 2 is 2.24 bits per heavy atom. The Bertz CT molecular complexity index is 472. The van der Waals surface area contributed by atoms with E-state index in [0.717, 1.165) is 30.6 Å². The van der Waals surface area contributed by atoms with Crippen LogP contribution in [0.2, 0.25) is 0 Å². The van der Waals surface area contributed by atoms with Crippen LogP contribution in [0.3, 0.4) is 0 Å². The summed E-state index contributed by atoms with van der Waals surface area (Å²) >= 11 is 0. The molecule has 1 aliphatic rings. The standard InChI is InChI=1S/C16H24N2O3/c1-11-6-3-4-7-13(11)14(19)10-17-16(20)18-12(2)15-8-5-9-21-15/h3-4,6-7,12,14-15,19H,5,8-10H2,1-2H3,(H2,17,18,20). The quantitative estimate of drug-likeness (QED) is 0.776. The van der Waals surface area contributed by atoms with Gasteiger partial charge in [-0.15, -0.1) is 0 Å². The Balaban J connectivity index is 1.77. The van der Waals surface area contributed by atoms with Gasteiger partial charge in [-0.25, -0.2) is 4.79 Å². The van der Waals surface area contributed by atoms with Crippen LogP contribution in [0.15, 0.2) is 24.3 Å². The number of hydrogen-bond acceptors (Lipinski definition) is 3. The van der Waals surface area contributed by atoms with Gasteiger partial charge in [-0.05, 0) is 37.8 Å². The van der Waals surface area contributed by atoms with Crippen molar-refractivity contribution in [3.8, 4) is 0 Å². The number of benzene rings is 1. The van der Waals surface area contributed by atoms with Crippen LogP contribution in [-0.2, 0) is 4.74 Å². The topological polar surface area (TPSA) is 70.6 Å². The Morgan fingerprint density at radius 3 is 2.90 bits per heavy atom. The van der Waals surface area contributed by atoms with E-state index >= 15 is 0 Å². The molecular formula is C16H24N2O3. The summed E-state index contributed by atoms with van der Waals surface area (Å²) in [6.07, 6.45) is 1.42. The molecule has 1 aromatic rings. The fourth-order valence-corrected chi connectivity index (χ4v) is 2.61. The van der Waals surface area contributed by atoms with Crippen LogP contribution in [-0.4, -0.2) is 36.4 Å². The summed E-state index contributed by atoms with van der Waals surface area (Å²) in [5, 5.41) is 15.7. The fraction of sp³-hybridized carbons (Fsp3) is 0.562. The second-order valence-corrected chi connectivity index (χ2v) is 5.57. The first-order valence-electron chi connectivity index (χ1n) is 7.47. The molecule has 3 unspecified atom stereocenters. The monoisotopic (exact) mass is 292 g/mol. The number of aliphatic hydroxyl groups excluding tert-OH is 1. The Kier molecular flexibility index (Phi) is 5.59. The van der Waals surface area contributed by atoms with Gasteiger partial charge in [-0.3, -0.25) is 0 Å². The molecular weight excluding hydrogens is 268 g/mol. The summed E-state index contributed by atoms with van der Waals surface area (Å²) in [6.45, 7) is 4.84. The molecule has 0 aliphatic carbocycles. The Hall–Kier alpha value is -1.59. The lowest BCUT2D eigenvalue weighted by molar-refractivity contribution is 0.0856. The number of rotatable bonds is 5. The highest BCUT2D eigenvalue weighted by molar-refractivity contribution is 5.74. The second kappa shape index (κ2) is 7.43. The van der Waals surface area contributed by atoms with Gasteiger partial charge in [0.05, 0.1) is 18.2 Å². The lowest BCUT2D eigenvalue weighted by Gasteiger charge is -2.21. The lowest BCUT2D eigenvalue weighted by atomic mass is 10.0. The zero-order valence-corrected chi connectivity index (χ0v) is 12.6. The van der Waals surface area contributed by atoms with Crippen molar-refractivity contribution >= 4 is 6.03 Å². The third-order valence-electron chi connectivity index (χ3n) is 3.88. The van der Waals surface area contributed by atoms with Gasteiger partial charge in [0.15, 0.2) is 0 Å². The van der Waals surface area contributed by atoms with Crippen molar-refractivity contribution in [3.05, 3.63) is 35.4 Å². The molecule has 5 heteroatoms. The Morgan fingerprint density at radius 1 is 1.48 bits per heavy atom. The molecule has 5 nitrogen and oxygen atoms in total. The van der Waals surface area contributed by atoms with Crippen molar-refractivity contribution in [1.82, 2.24) is 10.6 Å². The number of aliphatic hydroxyl groups is 1. The number of urea groups is 1. The molecule has 0 bridgehead atoms. The number of carbonyl (C=O) groups is 1. The minimum atomic E-state index is -0.699. The van der Waals surface area contributed by atoms with E-state index in [1.54, 1.807) is 0 Å². The van der Waals surface area contributed by atoms with Crippen LogP contribution >= 0.6 is 0 Å². The summed E-state index contributed by atoms with van der Waals surface area (Å²) in [5.74, 6) is 0. The van der Waals surface area contributed by atoms with Gasteiger partial charge in [0.25, 0.3) is 0 Å². The molecule has 1 aliphatic heterocycles. The molecule has 0 spiro atoms. The van der Waals surface area contributed by atoms with Crippen LogP contribution in [0.1, 0.15) is 37.0 Å². The third kappa shape index (κ3) is 4.44. The highest BCUT2D eigenvalue weighted by atomic mass is 16.5. The predicted molar refractivity (Wildman–Crippen MR) is 81.1 cm³/mol. The first kappa shape index (κ1) is 15.8. The van der Waals surface area contributed by atoms with Crippen LogP contribution in [0.25, 0.3) is 0 Å². The lowest BCUT2D eigenvalue weighted by Crippen LogP contribution is -2.46. The SMILES string of the molecule is Cc1ccccc1C(O)CNC(=O)NC(C)C1CCCO1. The number of hydrogen-bond donors (Lipinski definition) is 3. The van der Waals surface area contributed by atoms with Crippen molar-refractivity contribution in [1.29, 1.82) is 0 Å². The molecule has 1 heterocycles. The van der Waals surface area contributed by atoms with Crippen LogP contribution in [0.4, 0.5) is 4.79 Å². The molecule has 0 radical (unpaired) electrons. The molecule has 2 rings (SSSR count). The average Bonchev–Trinajstić information content (AvgIpc) is 2.99. The maximum absolute atomic E-state index is 11.8. The molecule has 116 valence electrons. The number of amides is 2. The highest BCUT2D eigenvalue weighted by Gasteiger charge is 2.23. The van der Waals surface area contributed by atoms with Gasteiger partial charge < -0.3 is 20.5 Å². The van der Waals surface area contributed by atoms with Crippen LogP contribution in [0, 0.1) is 6.92 Å². The summed E-state index contributed by atoms with van der Waals surface area (Å²) in [4.78, 5) is 11.8. The largest absolute Gasteiger partial charge is 0.387 e. The molecule has 0 aromatic heterocycles. The third-order valence-corrected chi connectivity index (χ3v) is 3.88. The van der Waals surface area contributed by atoms with Crippen molar-refractivity contribution in [2.75, 3.05) is 13.2 Å². The van der Waals surface area contributed by atoms with E-state index in [9.17, 15) is 9.90 Å². The van der Waals surface area contributed by atoms with Gasteiger partial charge in [-0.1, -0.05) is 24.3 Å². The second-order valence-electron chi connectivity index (χ2n) is 5.57. The summed E-state index contributed by atoms with van der Waals surface area (Å²) in [5.41, 5.74) is 1.85. The molecule has 21 heavy (non-hydrogen) atoms. The average molecular weight is 292 g/mol. The molecule has 3 N–H and O–H groups in total. The van der Waals surface area contributed by atoms with E-state index in [0.29, 0.717) is 0 Å². The molecule has 1 aromatic carbocycles. The minimum Gasteiger partial charge on any atom is -0.387 e. The van der Waals surface area contributed by atoms with Crippen LogP contribution in [0.5, 0.6) is 0 Å². The molecule has 3 atom stereocenters. The first-order valence-corrected chi connectivity index (χ1v) is 7.47. The Labute approximate surface area is 125 Å². The fourth-order valence-electron chi connectivity index (χ4n) is 2.61. The van der Waals surface area contributed by atoms with E-state index in [1.807, 2.05) is 38.1 Å². The van der Waals surface area contributed by atoms with Gasteiger partial charge in [0.1, 0.15) is 0 Å². The van der Waals surface area contributed by atoms with Crippen molar-refractivity contribution in [3.63, 3.8) is 0 Å². The summed E-state index contributed by atoms with van der Waals surface area (Å²) in [7, 11) is 0. The van der Waals surface area contributed by atoms with E-state index in [-0.39, 0.29) is 24.7 Å². The van der Waals surface area contributed by atoms with E-state index in [1.165, 1.54) is 0 Å². The van der Waals surface area contributed by atoms with E-state index < -0.39 is 6.10 Å². The summed E-state index contributed by atoms with van der Waals surface area (Å²) < 4.78 is 5.53. The first-order chi connectivity index (χ1) is 10.1. The van der Waals surface area contributed by atoms with E-state index in [2.05, 4.69) is 10.6 Å². The van der Waals surface area contributed by atoms with Gasteiger partial charge in [0, 0.05) is 13.2 Å². The smallest absolute Gasteiger partial charge is 0.315 e. The number of carbonyl (C=O) groups excluding carboxylic acids is 1. The van der Waals surface area contributed by atoms with Gasteiger partial charge in [0.2, 0.25) is 0 Å². The van der Waals surface area contributed by atoms with Crippen LogP contribution < -0.4 is 10.6 Å². The zero-order chi connectivity index (χ0) is 15.2. The van der Waals surface area contributed by atoms with E-state index in [4.69, 9.17) is 4.74 Å². The zero-order valence-electron chi connectivity index (χ0n) is 12.6. The number of nitrogens with one attached hydrogen (secondary N) is 2. The normalized spacial score (nSPS) is 20.8. The van der Waals surface area contributed by atoms with Gasteiger partial charge >= 0.3 is 6.03 Å². The molecule has 0 saturated carbocycles. The maximum Gasteiger partial charge on any atom is 0.315 e.